The summed E-state index contributed by atoms with van der Waals surface area (Å²) in [5, 5.41) is 22.0. The summed E-state index contributed by atoms with van der Waals surface area (Å²) in [7, 11) is -3.81. The smallest absolute Gasteiger partial charge is 0.409 e. The molecule has 3 heterocycles. The van der Waals surface area contributed by atoms with Crippen LogP contribution in [0.2, 0.25) is 0 Å². The monoisotopic (exact) mass is 574 g/mol. The highest BCUT2D eigenvalue weighted by atomic mass is 32.2. The largest absolute Gasteiger partial charge is 0.448 e. The fraction of sp³-hybridized carbons (Fsp3) is 0.667. The molecule has 0 spiro atoms. The van der Waals surface area contributed by atoms with Crippen molar-refractivity contribution < 1.29 is 28.0 Å². The van der Waals surface area contributed by atoms with E-state index in [1.165, 1.54) is 4.31 Å². The van der Waals surface area contributed by atoms with Crippen LogP contribution in [0.3, 0.4) is 0 Å². The number of benzene rings is 1. The van der Waals surface area contributed by atoms with Crippen LogP contribution < -0.4 is 15.7 Å². The van der Waals surface area contributed by atoms with E-state index in [0.717, 1.165) is 30.6 Å². The summed E-state index contributed by atoms with van der Waals surface area (Å²) in [5.41, 5.74) is 2.98. The number of sulfonamides is 1. The first-order chi connectivity index (χ1) is 19.1. The molecule has 1 saturated carbocycles. The molecule has 40 heavy (non-hydrogen) atoms. The van der Waals surface area contributed by atoms with E-state index < -0.39 is 21.3 Å². The molecule has 4 fully saturated rings. The number of hydroxylamine groups is 1. The number of ether oxygens (including phenoxy) is 1. The molecule has 0 bridgehead atoms. The Morgan fingerprint density at radius 1 is 1.20 bits per heavy atom. The summed E-state index contributed by atoms with van der Waals surface area (Å²) in [4.78, 5) is 29.3. The van der Waals surface area contributed by atoms with Crippen LogP contribution in [0.1, 0.15) is 36.8 Å². The average molecular weight is 575 g/mol. The van der Waals surface area contributed by atoms with Crippen molar-refractivity contribution in [3.05, 3.63) is 29.3 Å². The quantitative estimate of drug-likeness (QED) is 0.320. The van der Waals surface area contributed by atoms with E-state index in [1.54, 1.807) is 16.4 Å². The molecule has 1 aliphatic carbocycles. The Labute approximate surface area is 235 Å². The van der Waals surface area contributed by atoms with Gasteiger partial charge in [0, 0.05) is 51.0 Å². The van der Waals surface area contributed by atoms with Gasteiger partial charge in [0.15, 0.2) is 0 Å². The standard InChI is InChI=1S/C27H38N6O6S/c1-19-11-20(14-28)4-5-24(19)31-7-9-33(10-8-31)40(37,38)18-27(25(34)30-36)12-21-15-32(16-22(21)13-27)26(35)39-17-23-3-2-6-29-23/h4-5,11,21-23,29,36H,2-3,6-10,12-13,15-18H2,1H3,(H,30,34)/t21-,22+,23-,27?/m0/s1. The number of aryl methyl sites for hydroxylation is 1. The van der Waals surface area contributed by atoms with E-state index in [0.29, 0.717) is 38.3 Å². The Balaban J connectivity index is 1.19. The van der Waals surface area contributed by atoms with Gasteiger partial charge < -0.3 is 19.9 Å². The Morgan fingerprint density at radius 2 is 1.90 bits per heavy atom. The number of nitriles is 1. The number of hydrogen-bond acceptors (Lipinski definition) is 9. The maximum Gasteiger partial charge on any atom is 0.409 e. The first kappa shape index (κ1) is 28.6. The van der Waals surface area contributed by atoms with E-state index in [9.17, 15) is 23.2 Å². The molecule has 12 nitrogen and oxygen atoms in total. The second-order valence-corrected chi connectivity index (χ2v) is 13.6. The summed E-state index contributed by atoms with van der Waals surface area (Å²) >= 11 is 0. The van der Waals surface area contributed by atoms with Crippen LogP contribution in [0.25, 0.3) is 0 Å². The highest BCUT2D eigenvalue weighted by molar-refractivity contribution is 7.89. The zero-order valence-electron chi connectivity index (χ0n) is 22.8. The number of fused-ring (bicyclic) bond motifs is 1. The van der Waals surface area contributed by atoms with Gasteiger partial charge in [-0.1, -0.05) is 0 Å². The fourth-order valence-corrected chi connectivity index (χ4v) is 8.98. The van der Waals surface area contributed by atoms with Crippen LogP contribution in [-0.4, -0.2) is 99.0 Å². The number of likely N-dealkylation sites (tertiary alicyclic amines) is 1. The first-order valence-corrected chi connectivity index (χ1v) is 15.6. The number of rotatable bonds is 7. The molecule has 13 heteroatoms. The van der Waals surface area contributed by atoms with E-state index in [2.05, 4.69) is 16.3 Å². The molecule has 2 amide bonds. The van der Waals surface area contributed by atoms with Gasteiger partial charge in [0.1, 0.15) is 6.61 Å². The number of anilines is 1. The number of amides is 2. The average Bonchev–Trinajstić information content (AvgIpc) is 3.67. The molecule has 0 aromatic heterocycles. The first-order valence-electron chi connectivity index (χ1n) is 14.0. The second kappa shape index (κ2) is 11.5. The third-order valence-electron chi connectivity index (χ3n) is 9.05. The number of nitrogens with one attached hydrogen (secondary N) is 2. The second-order valence-electron chi connectivity index (χ2n) is 11.7. The molecule has 1 aromatic rings. The van der Waals surface area contributed by atoms with Crippen LogP contribution in [0.5, 0.6) is 0 Å². The maximum atomic E-state index is 13.6. The SMILES string of the molecule is Cc1cc(C#N)ccc1N1CCN(S(=O)(=O)CC2(C(=O)NO)C[C@H]3CN(C(=O)OC[C@@H]4CCCN4)C[C@H]3C2)CC1. The minimum absolute atomic E-state index is 0.0409. The van der Waals surface area contributed by atoms with Crippen molar-refractivity contribution in [2.24, 2.45) is 17.3 Å². The molecule has 218 valence electrons. The van der Waals surface area contributed by atoms with Gasteiger partial charge in [0.2, 0.25) is 10.0 Å². The lowest BCUT2D eigenvalue weighted by molar-refractivity contribution is -0.138. The van der Waals surface area contributed by atoms with Crippen molar-refractivity contribution in [1.82, 2.24) is 20.0 Å². The summed E-state index contributed by atoms with van der Waals surface area (Å²) in [5.74, 6) is -1.15. The van der Waals surface area contributed by atoms with E-state index in [4.69, 9.17) is 10.00 Å². The van der Waals surface area contributed by atoms with Crippen molar-refractivity contribution in [3.8, 4) is 6.07 Å². The Kier molecular flexibility index (Phi) is 8.24. The highest BCUT2D eigenvalue weighted by Crippen LogP contribution is 2.50. The third kappa shape index (κ3) is 5.76. The van der Waals surface area contributed by atoms with Gasteiger partial charge >= 0.3 is 6.09 Å². The summed E-state index contributed by atoms with van der Waals surface area (Å²) in [6.07, 6.45) is 2.24. The minimum Gasteiger partial charge on any atom is -0.448 e. The van der Waals surface area contributed by atoms with Gasteiger partial charge in [-0.25, -0.2) is 18.7 Å². The predicted molar refractivity (Wildman–Crippen MR) is 146 cm³/mol. The number of carbonyl (C=O) groups is 2. The van der Waals surface area contributed by atoms with Gasteiger partial charge in [0.25, 0.3) is 5.91 Å². The van der Waals surface area contributed by atoms with Crippen molar-refractivity contribution in [2.45, 2.75) is 38.6 Å². The van der Waals surface area contributed by atoms with Crippen molar-refractivity contribution >= 4 is 27.7 Å². The summed E-state index contributed by atoms with van der Waals surface area (Å²) in [6, 6.07) is 7.78. The Morgan fingerprint density at radius 3 is 2.48 bits per heavy atom. The van der Waals surface area contributed by atoms with Gasteiger partial charge in [-0.15, -0.1) is 0 Å². The van der Waals surface area contributed by atoms with Crippen molar-refractivity contribution in [2.75, 3.05) is 63.1 Å². The predicted octanol–water partition coefficient (Wildman–Crippen LogP) is 1.04. The van der Waals surface area contributed by atoms with Crippen LogP contribution in [0.15, 0.2) is 18.2 Å². The van der Waals surface area contributed by atoms with Crippen molar-refractivity contribution in [3.63, 3.8) is 0 Å². The third-order valence-corrected chi connectivity index (χ3v) is 11.1. The molecule has 1 aromatic carbocycles. The molecule has 3 N–H and O–H groups in total. The molecule has 3 aliphatic heterocycles. The Hall–Kier alpha value is -2.92. The molecule has 5 rings (SSSR count). The highest BCUT2D eigenvalue weighted by Gasteiger charge is 2.56. The topological polar surface area (TPSA) is 155 Å². The molecule has 0 radical (unpaired) electrons. The van der Waals surface area contributed by atoms with Crippen LogP contribution in [0.4, 0.5) is 10.5 Å². The lowest BCUT2D eigenvalue weighted by Crippen LogP contribution is -2.53. The van der Waals surface area contributed by atoms with Crippen LogP contribution >= 0.6 is 0 Å². The van der Waals surface area contributed by atoms with Gasteiger partial charge in [-0.05, 0) is 74.8 Å². The molecule has 1 unspecified atom stereocenters. The van der Waals surface area contributed by atoms with Crippen LogP contribution in [0, 0.1) is 35.5 Å². The van der Waals surface area contributed by atoms with E-state index >= 15 is 0 Å². The zero-order valence-corrected chi connectivity index (χ0v) is 23.7. The summed E-state index contributed by atoms with van der Waals surface area (Å²) < 4.78 is 34.1. The van der Waals surface area contributed by atoms with Gasteiger partial charge in [-0.3, -0.25) is 10.0 Å². The van der Waals surface area contributed by atoms with Crippen LogP contribution in [-0.2, 0) is 19.6 Å². The molecular weight excluding hydrogens is 536 g/mol. The normalized spacial score (nSPS) is 28.8. The molecular formula is C27H38N6O6S. The number of hydrogen-bond donors (Lipinski definition) is 3. The molecule has 3 saturated heterocycles. The lowest BCUT2D eigenvalue weighted by Gasteiger charge is -2.38. The number of carbonyl (C=O) groups excluding carboxylic acids is 2. The lowest BCUT2D eigenvalue weighted by atomic mass is 9.86. The Bertz CT molecular complexity index is 1250. The van der Waals surface area contributed by atoms with Gasteiger partial charge in [0.05, 0.1) is 22.8 Å². The zero-order chi connectivity index (χ0) is 28.5. The molecule has 4 aliphatic rings. The van der Waals surface area contributed by atoms with Gasteiger partial charge in [-0.2, -0.15) is 9.57 Å². The molecule has 4 atom stereocenters. The number of piperazine rings is 1. The summed E-state index contributed by atoms with van der Waals surface area (Å²) in [6.45, 7) is 5.55. The number of nitrogens with zero attached hydrogens (tertiary/aromatic N) is 4. The fourth-order valence-electron chi connectivity index (χ4n) is 7.01. The maximum absolute atomic E-state index is 13.6. The van der Waals surface area contributed by atoms with E-state index in [1.807, 2.05) is 19.1 Å². The minimum atomic E-state index is -3.81. The van der Waals surface area contributed by atoms with Crippen molar-refractivity contribution in [1.29, 1.82) is 5.26 Å². The van der Waals surface area contributed by atoms with E-state index in [-0.39, 0.29) is 55.7 Å².